The van der Waals surface area contributed by atoms with Crippen LogP contribution in [-0.2, 0) is 30.6 Å². The highest BCUT2D eigenvalue weighted by Gasteiger charge is 2.95. The van der Waals surface area contributed by atoms with Crippen molar-refractivity contribution in [2.75, 3.05) is 17.3 Å². The fraction of sp³-hybridized carbons (Fsp3) is 0.905. The van der Waals surface area contributed by atoms with E-state index in [0.29, 0.717) is 17.5 Å². The van der Waals surface area contributed by atoms with Crippen LogP contribution in [0.1, 0.15) is 44.9 Å². The predicted molar refractivity (Wildman–Crippen MR) is 118 cm³/mol. The third-order valence-electron chi connectivity index (χ3n) is 6.75. The molecular weight excluding hydrogens is 719 g/mol. The van der Waals surface area contributed by atoms with Gasteiger partial charge in [0.2, 0.25) is 0 Å². The van der Waals surface area contributed by atoms with Gasteiger partial charge in [-0.05, 0) is 23.7 Å². The first-order valence-electron chi connectivity index (χ1n) is 12.1. The van der Waals surface area contributed by atoms with Crippen molar-refractivity contribution in [3.05, 3.63) is 0 Å². The normalized spacial score (nSPS) is 19.6. The molecule has 0 atom stereocenters. The minimum atomic E-state index is -8.92. The Morgan fingerprint density at radius 3 is 1.36 bits per heavy atom. The molecule has 2 aliphatic rings. The van der Waals surface area contributed by atoms with E-state index in [1.54, 1.807) is 0 Å². The Kier molecular flexibility index (Phi) is 12.1. The van der Waals surface area contributed by atoms with Crippen LogP contribution in [0.2, 0.25) is 0 Å². The topological polar surface area (TPSA) is 91.3 Å². The van der Waals surface area contributed by atoms with Gasteiger partial charge in [0.1, 0.15) is 17.3 Å². The summed E-state index contributed by atoms with van der Waals surface area (Å²) in [5.41, 5.74) is 0. The van der Waals surface area contributed by atoms with E-state index in [1.165, 1.54) is 19.3 Å². The van der Waals surface area contributed by atoms with Gasteiger partial charge in [0, 0.05) is 5.92 Å². The summed E-state index contributed by atoms with van der Waals surface area (Å²) in [6, 6.07) is 0. The van der Waals surface area contributed by atoms with Crippen LogP contribution in [-0.4, -0.2) is 88.8 Å². The molecule has 2 rings (SSSR count). The highest BCUT2D eigenvalue weighted by molar-refractivity contribution is 7.97. The first kappa shape index (κ1) is 41.4. The number of hydrogen-bond acceptors (Lipinski definition) is 5. The van der Waals surface area contributed by atoms with Crippen molar-refractivity contribution in [1.29, 1.82) is 0 Å². The number of alkyl halides is 17. The molecule has 1 aliphatic carbocycles. The Morgan fingerprint density at radius 2 is 1.00 bits per heavy atom. The Morgan fingerprint density at radius 1 is 0.644 bits per heavy atom. The molecule has 0 aromatic carbocycles. The van der Waals surface area contributed by atoms with E-state index in [0.717, 1.165) is 42.9 Å². The van der Waals surface area contributed by atoms with Crippen LogP contribution >= 0.6 is 0 Å². The molecule has 2 fully saturated rings. The number of ketones is 2. The smallest absolute Gasteiger partial charge is 0.460 e. The molecule has 45 heavy (non-hydrogen) atoms. The molecule has 1 saturated heterocycles. The molecule has 266 valence electrons. The SMILES string of the molecule is O=C1CC[S+](CC(=O)C2CCCCC2)CC1.O=S(=O)([O-])C(F)(F)C(F)(F)C(F)(F)C(F)(F)C(F)(F)C(F)(F)C(F)(F)C(F)(F)F. The highest BCUT2D eigenvalue weighted by atomic mass is 32.2. The number of Topliss-reactive ketones (excluding diaryl/α,β-unsaturated/α-hetero) is 2. The van der Waals surface area contributed by atoms with Crippen LogP contribution in [0.25, 0.3) is 0 Å². The van der Waals surface area contributed by atoms with Gasteiger partial charge in [-0.25, -0.2) is 8.42 Å². The Balaban J connectivity index is 0.000000526. The van der Waals surface area contributed by atoms with E-state index in [1.807, 2.05) is 0 Å². The van der Waals surface area contributed by atoms with Crippen molar-refractivity contribution < 1.29 is 97.2 Å². The van der Waals surface area contributed by atoms with Gasteiger partial charge in [-0.1, -0.05) is 19.3 Å². The lowest BCUT2D eigenvalue weighted by atomic mass is 9.87. The van der Waals surface area contributed by atoms with Crippen molar-refractivity contribution in [2.45, 2.75) is 91.9 Å². The van der Waals surface area contributed by atoms with Gasteiger partial charge < -0.3 is 4.55 Å². The molecule has 24 heteroatoms. The van der Waals surface area contributed by atoms with Gasteiger partial charge in [-0.15, -0.1) is 0 Å². The summed E-state index contributed by atoms with van der Waals surface area (Å²) in [5.74, 6) is -48.1. The maximum absolute atomic E-state index is 13.0. The van der Waals surface area contributed by atoms with Crippen molar-refractivity contribution >= 4 is 32.6 Å². The maximum atomic E-state index is 13.0. The molecule has 0 aromatic heterocycles. The van der Waals surface area contributed by atoms with Gasteiger partial charge in [-0.2, -0.15) is 74.6 Å². The quantitative estimate of drug-likeness (QED) is 0.143. The molecule has 0 aromatic rings. The molecule has 0 bridgehead atoms. The van der Waals surface area contributed by atoms with Crippen LogP contribution in [0, 0.1) is 5.92 Å². The fourth-order valence-electron chi connectivity index (χ4n) is 3.94. The third-order valence-corrected chi connectivity index (χ3v) is 9.89. The zero-order valence-corrected chi connectivity index (χ0v) is 23.6. The van der Waals surface area contributed by atoms with Gasteiger partial charge >= 0.3 is 47.0 Å². The van der Waals surface area contributed by atoms with Crippen LogP contribution < -0.4 is 0 Å². The molecule has 5 nitrogen and oxygen atoms in total. The van der Waals surface area contributed by atoms with Crippen LogP contribution in [0.15, 0.2) is 0 Å². The van der Waals surface area contributed by atoms with Crippen molar-refractivity contribution in [2.24, 2.45) is 5.92 Å². The lowest BCUT2D eigenvalue weighted by Gasteiger charge is -2.42. The summed E-state index contributed by atoms with van der Waals surface area (Å²) in [4.78, 5) is 23.2. The molecule has 0 N–H and O–H groups in total. The predicted octanol–water partition coefficient (Wildman–Crippen LogP) is 6.62. The largest absolute Gasteiger partial charge is 0.743 e. The van der Waals surface area contributed by atoms with E-state index < -0.39 is 57.1 Å². The Labute approximate surface area is 245 Å². The Bertz CT molecular complexity index is 1170. The molecule has 1 heterocycles. The monoisotopic (exact) mass is 740 g/mol. The lowest BCUT2D eigenvalue weighted by molar-refractivity contribution is -0.458. The highest BCUT2D eigenvalue weighted by Crippen LogP contribution is 2.64. The molecule has 0 radical (unpaired) electrons. The van der Waals surface area contributed by atoms with Crippen LogP contribution in [0.5, 0.6) is 0 Å². The molecular formula is C21H21F17O5S2. The summed E-state index contributed by atoms with van der Waals surface area (Å²) in [7, 11) is -7.91. The van der Waals surface area contributed by atoms with Gasteiger partial charge in [-0.3, -0.25) is 9.59 Å². The fourth-order valence-corrected chi connectivity index (χ4v) is 6.54. The summed E-state index contributed by atoms with van der Waals surface area (Å²) in [6.45, 7) is 0. The first-order chi connectivity index (χ1) is 19.8. The Hall–Kier alpha value is -1.59. The third kappa shape index (κ3) is 7.45. The zero-order valence-electron chi connectivity index (χ0n) is 21.9. The minimum Gasteiger partial charge on any atom is -0.743 e. The van der Waals surface area contributed by atoms with E-state index in [9.17, 15) is 97.2 Å². The zero-order chi connectivity index (χ0) is 35.9. The van der Waals surface area contributed by atoms with E-state index in [4.69, 9.17) is 0 Å². The number of halogens is 17. The number of carbonyl (C=O) groups is 2. The standard InChI is InChI=1S/C13H21O2S.C8HF17O3S/c14-12-6-8-16(9-7-12)10-13(15)11-4-2-1-3-5-11;9-1(10,3(13,14)5(17,18)7(21,22)23)2(11,12)4(15,16)6(19,20)8(24,25)29(26,27)28/h11H,1-10H2;(H,26,27,28)/q+1;/p-1. The summed E-state index contributed by atoms with van der Waals surface area (Å²) >= 11 is 0. The average Bonchev–Trinajstić information content (AvgIpc) is 2.88. The number of hydrogen-bond donors (Lipinski definition) is 0. The second kappa shape index (κ2) is 13.1. The molecule has 0 spiro atoms. The van der Waals surface area contributed by atoms with Gasteiger partial charge in [0.05, 0.1) is 12.8 Å². The van der Waals surface area contributed by atoms with Crippen molar-refractivity contribution in [3.63, 3.8) is 0 Å². The number of rotatable bonds is 10. The number of carbonyl (C=O) groups excluding carboxylic acids is 2. The molecule has 0 amide bonds. The van der Waals surface area contributed by atoms with E-state index >= 15 is 0 Å². The van der Waals surface area contributed by atoms with E-state index in [2.05, 4.69) is 0 Å². The average molecular weight is 740 g/mol. The summed E-state index contributed by atoms with van der Waals surface area (Å²) in [6.07, 6.45) is -0.419. The minimum absolute atomic E-state index is 0.233. The van der Waals surface area contributed by atoms with Gasteiger partial charge in [0.25, 0.3) is 0 Å². The maximum Gasteiger partial charge on any atom is 0.460 e. The second-order valence-electron chi connectivity index (χ2n) is 9.92. The summed E-state index contributed by atoms with van der Waals surface area (Å²) < 4.78 is 244. The second-order valence-corrected chi connectivity index (χ2v) is 13.7. The lowest BCUT2D eigenvalue weighted by Crippen LogP contribution is -2.75. The van der Waals surface area contributed by atoms with E-state index in [-0.39, 0.29) is 10.9 Å². The van der Waals surface area contributed by atoms with Crippen molar-refractivity contribution in [3.8, 4) is 0 Å². The van der Waals surface area contributed by atoms with Crippen molar-refractivity contribution in [1.82, 2.24) is 0 Å². The molecule has 1 aliphatic heterocycles. The molecule has 0 unspecified atom stereocenters. The first-order valence-corrected chi connectivity index (χ1v) is 15.2. The summed E-state index contributed by atoms with van der Waals surface area (Å²) in [5, 5.41) is -7.95. The van der Waals surface area contributed by atoms with Crippen LogP contribution in [0.4, 0.5) is 74.6 Å². The molecule has 1 saturated carbocycles. The van der Waals surface area contributed by atoms with Gasteiger partial charge in [0.15, 0.2) is 21.7 Å². The van der Waals surface area contributed by atoms with Crippen LogP contribution in [0.3, 0.4) is 0 Å².